The van der Waals surface area contributed by atoms with Crippen LogP contribution < -0.4 is 10.6 Å². The average Bonchev–Trinajstić information content (AvgIpc) is 3.00. The number of nitrogens with one attached hydrogen (secondary N) is 2. The number of benzene rings is 1. The van der Waals surface area contributed by atoms with Crippen molar-refractivity contribution in [3.63, 3.8) is 0 Å². The van der Waals surface area contributed by atoms with Crippen molar-refractivity contribution in [3.05, 3.63) is 48.3 Å². The van der Waals surface area contributed by atoms with Gasteiger partial charge in [-0.2, -0.15) is 5.10 Å². The van der Waals surface area contributed by atoms with Crippen LogP contribution in [0, 0.1) is 0 Å². The molecule has 1 saturated heterocycles. The lowest BCUT2D eigenvalue weighted by Crippen LogP contribution is -2.39. The fraction of sp³-hybridized carbons (Fsp3) is 0.438. The van der Waals surface area contributed by atoms with E-state index in [0.29, 0.717) is 6.04 Å². The molecule has 2 heterocycles. The van der Waals surface area contributed by atoms with Crippen LogP contribution in [0.2, 0.25) is 0 Å². The monoisotopic (exact) mass is 270 g/mol. The first-order chi connectivity index (χ1) is 9.90. The van der Waals surface area contributed by atoms with Gasteiger partial charge < -0.3 is 10.6 Å². The molecule has 2 N–H and O–H groups in total. The maximum Gasteiger partial charge on any atom is 0.0660 e. The second-order valence-corrected chi connectivity index (χ2v) is 5.43. The number of aromatic nitrogens is 2. The Morgan fingerprint density at radius 2 is 2.30 bits per heavy atom. The SMILES string of the molecule is c1cc(Cn2cccn2)cc(NCC2CCCCN2)c1. The third-order valence-corrected chi connectivity index (χ3v) is 3.80. The van der Waals surface area contributed by atoms with Crippen LogP contribution in [0.5, 0.6) is 0 Å². The molecular formula is C16H22N4. The highest BCUT2D eigenvalue weighted by Gasteiger charge is 2.11. The topological polar surface area (TPSA) is 41.9 Å². The van der Waals surface area contributed by atoms with Gasteiger partial charge in [-0.1, -0.05) is 18.6 Å². The Kier molecular flexibility index (Phi) is 4.33. The van der Waals surface area contributed by atoms with E-state index >= 15 is 0 Å². The molecule has 1 aliphatic rings. The van der Waals surface area contributed by atoms with E-state index in [0.717, 1.165) is 19.6 Å². The second kappa shape index (κ2) is 6.57. The van der Waals surface area contributed by atoms with Crippen LogP contribution >= 0.6 is 0 Å². The van der Waals surface area contributed by atoms with Gasteiger partial charge in [0.2, 0.25) is 0 Å². The molecule has 1 unspecified atom stereocenters. The van der Waals surface area contributed by atoms with E-state index in [1.54, 1.807) is 0 Å². The smallest absolute Gasteiger partial charge is 0.0660 e. The maximum absolute atomic E-state index is 4.25. The Balaban J connectivity index is 1.56. The molecule has 0 amide bonds. The van der Waals surface area contributed by atoms with Crippen molar-refractivity contribution in [2.24, 2.45) is 0 Å². The molecule has 0 bridgehead atoms. The zero-order valence-electron chi connectivity index (χ0n) is 11.8. The molecule has 1 aliphatic heterocycles. The first kappa shape index (κ1) is 13.2. The highest BCUT2D eigenvalue weighted by molar-refractivity contribution is 5.45. The summed E-state index contributed by atoms with van der Waals surface area (Å²) in [4.78, 5) is 0. The quantitative estimate of drug-likeness (QED) is 0.877. The Labute approximate surface area is 120 Å². The van der Waals surface area contributed by atoms with Crippen LogP contribution in [-0.2, 0) is 6.54 Å². The summed E-state index contributed by atoms with van der Waals surface area (Å²) in [6, 6.07) is 11.2. The summed E-state index contributed by atoms with van der Waals surface area (Å²) in [5.41, 5.74) is 2.47. The van der Waals surface area contributed by atoms with Gasteiger partial charge in [0.05, 0.1) is 6.54 Å². The number of nitrogens with zero attached hydrogens (tertiary/aromatic N) is 2. The van der Waals surface area contributed by atoms with Gasteiger partial charge in [0.1, 0.15) is 0 Å². The zero-order chi connectivity index (χ0) is 13.6. The number of piperidine rings is 1. The van der Waals surface area contributed by atoms with Gasteiger partial charge in [0.25, 0.3) is 0 Å². The van der Waals surface area contributed by atoms with Crippen LogP contribution in [0.1, 0.15) is 24.8 Å². The summed E-state index contributed by atoms with van der Waals surface area (Å²) in [5, 5.41) is 11.4. The van der Waals surface area contributed by atoms with Crippen LogP contribution in [0.15, 0.2) is 42.7 Å². The molecular weight excluding hydrogens is 248 g/mol. The van der Waals surface area contributed by atoms with Gasteiger partial charge in [0, 0.05) is 30.7 Å². The fourth-order valence-corrected chi connectivity index (χ4v) is 2.70. The normalized spacial score (nSPS) is 18.9. The van der Waals surface area contributed by atoms with Crippen molar-refractivity contribution in [2.75, 3.05) is 18.4 Å². The van der Waals surface area contributed by atoms with E-state index in [1.165, 1.54) is 30.5 Å². The molecule has 1 aromatic carbocycles. The number of rotatable bonds is 5. The first-order valence-electron chi connectivity index (χ1n) is 7.44. The summed E-state index contributed by atoms with van der Waals surface area (Å²) in [6.45, 7) is 2.99. The zero-order valence-corrected chi connectivity index (χ0v) is 11.8. The molecule has 0 aliphatic carbocycles. The van der Waals surface area contributed by atoms with E-state index in [1.807, 2.05) is 23.1 Å². The van der Waals surface area contributed by atoms with Crippen LogP contribution in [0.3, 0.4) is 0 Å². The Hall–Kier alpha value is -1.81. The Morgan fingerprint density at radius 3 is 3.10 bits per heavy atom. The van der Waals surface area contributed by atoms with E-state index < -0.39 is 0 Å². The van der Waals surface area contributed by atoms with E-state index in [-0.39, 0.29) is 0 Å². The lowest BCUT2D eigenvalue weighted by Gasteiger charge is -2.24. The van der Waals surface area contributed by atoms with Gasteiger partial charge in [-0.3, -0.25) is 4.68 Å². The molecule has 2 aromatic rings. The first-order valence-corrected chi connectivity index (χ1v) is 7.44. The Bertz CT molecular complexity index is 515. The molecule has 4 nitrogen and oxygen atoms in total. The molecule has 0 saturated carbocycles. The van der Waals surface area contributed by atoms with Crippen molar-refractivity contribution in [3.8, 4) is 0 Å². The van der Waals surface area contributed by atoms with Crippen LogP contribution in [0.4, 0.5) is 5.69 Å². The Morgan fingerprint density at radius 1 is 1.30 bits per heavy atom. The minimum atomic E-state index is 0.610. The lowest BCUT2D eigenvalue weighted by molar-refractivity contribution is 0.414. The third-order valence-electron chi connectivity index (χ3n) is 3.80. The number of hydrogen-bond acceptors (Lipinski definition) is 3. The molecule has 106 valence electrons. The minimum Gasteiger partial charge on any atom is -0.383 e. The predicted molar refractivity (Wildman–Crippen MR) is 81.9 cm³/mol. The minimum absolute atomic E-state index is 0.610. The van der Waals surface area contributed by atoms with Crippen molar-refractivity contribution >= 4 is 5.69 Å². The van der Waals surface area contributed by atoms with Crippen molar-refractivity contribution in [2.45, 2.75) is 31.8 Å². The molecule has 0 spiro atoms. The second-order valence-electron chi connectivity index (χ2n) is 5.43. The fourth-order valence-electron chi connectivity index (χ4n) is 2.70. The number of anilines is 1. The van der Waals surface area contributed by atoms with E-state index in [2.05, 4.69) is 40.0 Å². The summed E-state index contributed by atoms with van der Waals surface area (Å²) in [6.07, 6.45) is 7.75. The van der Waals surface area contributed by atoms with Crippen LogP contribution in [-0.4, -0.2) is 28.9 Å². The molecule has 20 heavy (non-hydrogen) atoms. The summed E-state index contributed by atoms with van der Waals surface area (Å²) in [5.74, 6) is 0. The average molecular weight is 270 g/mol. The third kappa shape index (κ3) is 3.61. The number of hydrogen-bond donors (Lipinski definition) is 2. The largest absolute Gasteiger partial charge is 0.383 e. The summed E-state index contributed by atoms with van der Waals surface area (Å²) < 4.78 is 1.95. The molecule has 3 rings (SSSR count). The predicted octanol–water partition coefficient (Wildman–Crippen LogP) is 2.49. The van der Waals surface area contributed by atoms with E-state index in [9.17, 15) is 0 Å². The van der Waals surface area contributed by atoms with Gasteiger partial charge in [-0.15, -0.1) is 0 Å². The summed E-state index contributed by atoms with van der Waals surface area (Å²) >= 11 is 0. The highest BCUT2D eigenvalue weighted by atomic mass is 15.3. The van der Waals surface area contributed by atoms with E-state index in [4.69, 9.17) is 0 Å². The van der Waals surface area contributed by atoms with Gasteiger partial charge in [-0.05, 0) is 43.1 Å². The van der Waals surface area contributed by atoms with Gasteiger partial charge in [0.15, 0.2) is 0 Å². The van der Waals surface area contributed by atoms with Crippen molar-refractivity contribution in [1.29, 1.82) is 0 Å². The van der Waals surface area contributed by atoms with Gasteiger partial charge in [-0.25, -0.2) is 0 Å². The van der Waals surface area contributed by atoms with Crippen molar-refractivity contribution < 1.29 is 0 Å². The molecule has 1 aromatic heterocycles. The van der Waals surface area contributed by atoms with Gasteiger partial charge >= 0.3 is 0 Å². The molecule has 1 atom stereocenters. The van der Waals surface area contributed by atoms with Crippen LogP contribution in [0.25, 0.3) is 0 Å². The van der Waals surface area contributed by atoms with Crippen molar-refractivity contribution in [1.82, 2.24) is 15.1 Å². The highest BCUT2D eigenvalue weighted by Crippen LogP contribution is 2.13. The molecule has 1 fully saturated rings. The molecule has 0 radical (unpaired) electrons. The summed E-state index contributed by atoms with van der Waals surface area (Å²) in [7, 11) is 0. The lowest BCUT2D eigenvalue weighted by atomic mass is 10.1. The standard InChI is InChI=1S/C16H22N4/c1-2-8-17-16(6-1)12-18-15-7-3-5-14(11-15)13-20-10-4-9-19-20/h3-5,7,9-11,16-18H,1-2,6,8,12-13H2. The maximum atomic E-state index is 4.25. The molecule has 4 heteroatoms.